The minimum Gasteiger partial charge on any atom is -0.396 e. The molecule has 20 heavy (non-hydrogen) atoms. The van der Waals surface area contributed by atoms with Crippen LogP contribution < -0.4 is 5.32 Å². The highest BCUT2D eigenvalue weighted by Crippen LogP contribution is 2.55. The predicted octanol–water partition coefficient (Wildman–Crippen LogP) is 3.03. The van der Waals surface area contributed by atoms with Gasteiger partial charge in [0, 0.05) is 18.1 Å². The molecule has 0 heterocycles. The second-order valence-corrected chi connectivity index (χ2v) is 6.62. The molecule has 1 aromatic carbocycles. The molecule has 110 valence electrons. The number of aliphatic hydroxyl groups is 1. The molecule has 0 bridgehead atoms. The van der Waals surface area contributed by atoms with Crippen LogP contribution in [0.2, 0.25) is 0 Å². The van der Waals surface area contributed by atoms with Gasteiger partial charge in [0.2, 0.25) is 0 Å². The van der Waals surface area contributed by atoms with Crippen molar-refractivity contribution in [2.24, 2.45) is 5.92 Å². The molecule has 0 saturated heterocycles. The molecule has 3 atom stereocenters. The van der Waals surface area contributed by atoms with E-state index in [2.05, 4.69) is 36.5 Å². The molecule has 1 aromatic rings. The van der Waals surface area contributed by atoms with Crippen molar-refractivity contribution in [3.05, 3.63) is 35.4 Å². The average molecular weight is 273 g/mol. The minimum atomic E-state index is 0.318. The molecule has 2 heteroatoms. The fourth-order valence-corrected chi connectivity index (χ4v) is 4.04. The Hall–Kier alpha value is -0.860. The van der Waals surface area contributed by atoms with Crippen LogP contribution in [0.3, 0.4) is 0 Å². The summed E-state index contributed by atoms with van der Waals surface area (Å²) in [6.07, 6.45) is 7.33. The quantitative estimate of drug-likeness (QED) is 0.835. The van der Waals surface area contributed by atoms with Crippen LogP contribution in [-0.4, -0.2) is 24.3 Å². The summed E-state index contributed by atoms with van der Waals surface area (Å²) in [7, 11) is 0. The van der Waals surface area contributed by atoms with E-state index in [9.17, 15) is 0 Å². The maximum atomic E-state index is 9.09. The van der Waals surface area contributed by atoms with Crippen molar-refractivity contribution >= 4 is 0 Å². The van der Waals surface area contributed by atoms with Gasteiger partial charge in [-0.15, -0.1) is 0 Å². The van der Waals surface area contributed by atoms with Crippen molar-refractivity contribution in [3.63, 3.8) is 0 Å². The second-order valence-electron chi connectivity index (χ2n) is 6.62. The Morgan fingerprint density at radius 1 is 1.40 bits per heavy atom. The van der Waals surface area contributed by atoms with Crippen LogP contribution in [0.25, 0.3) is 0 Å². The normalized spacial score (nSPS) is 29.2. The van der Waals surface area contributed by atoms with Gasteiger partial charge in [-0.1, -0.05) is 37.6 Å². The number of aliphatic hydroxyl groups excluding tert-OH is 1. The third-order valence-corrected chi connectivity index (χ3v) is 5.47. The van der Waals surface area contributed by atoms with Gasteiger partial charge in [-0.3, -0.25) is 0 Å². The smallest absolute Gasteiger partial charge is 0.0434 e. The lowest BCUT2D eigenvalue weighted by Crippen LogP contribution is -2.32. The van der Waals surface area contributed by atoms with Crippen LogP contribution in [0.1, 0.15) is 50.2 Å². The van der Waals surface area contributed by atoms with Crippen molar-refractivity contribution in [2.45, 2.75) is 56.9 Å². The van der Waals surface area contributed by atoms with Gasteiger partial charge in [-0.25, -0.2) is 0 Å². The van der Waals surface area contributed by atoms with Gasteiger partial charge in [0.15, 0.2) is 0 Å². The third-order valence-electron chi connectivity index (χ3n) is 5.47. The van der Waals surface area contributed by atoms with Crippen molar-refractivity contribution < 1.29 is 5.11 Å². The van der Waals surface area contributed by atoms with E-state index >= 15 is 0 Å². The zero-order valence-electron chi connectivity index (χ0n) is 12.6. The summed E-state index contributed by atoms with van der Waals surface area (Å²) in [6, 6.07) is 9.70. The molecule has 0 amide bonds. The molecular weight excluding hydrogens is 246 g/mol. The molecule has 3 rings (SSSR count). The maximum Gasteiger partial charge on any atom is 0.0434 e. The third kappa shape index (κ3) is 2.51. The first-order valence-corrected chi connectivity index (χ1v) is 8.23. The van der Waals surface area contributed by atoms with Crippen molar-refractivity contribution in [3.8, 4) is 0 Å². The molecule has 2 N–H and O–H groups in total. The van der Waals surface area contributed by atoms with Gasteiger partial charge in [0.1, 0.15) is 0 Å². The Balaban J connectivity index is 1.64. The second kappa shape index (κ2) is 5.87. The summed E-state index contributed by atoms with van der Waals surface area (Å²) in [5, 5.41) is 12.9. The maximum absolute atomic E-state index is 9.09. The molecule has 0 radical (unpaired) electrons. The van der Waals surface area contributed by atoms with E-state index in [1.165, 1.54) is 25.7 Å². The van der Waals surface area contributed by atoms with Crippen LogP contribution in [0.5, 0.6) is 0 Å². The Morgan fingerprint density at radius 2 is 2.25 bits per heavy atom. The summed E-state index contributed by atoms with van der Waals surface area (Å²) in [5.41, 5.74) is 3.62. The molecule has 2 aliphatic carbocycles. The Morgan fingerprint density at radius 3 is 3.05 bits per heavy atom. The fraction of sp³-hybridized carbons (Fsp3) is 0.667. The lowest BCUT2D eigenvalue weighted by Gasteiger charge is -2.27. The van der Waals surface area contributed by atoms with Gasteiger partial charge in [0.05, 0.1) is 0 Å². The summed E-state index contributed by atoms with van der Waals surface area (Å²) >= 11 is 0. The van der Waals surface area contributed by atoms with Gasteiger partial charge < -0.3 is 10.4 Å². The number of hydrogen-bond acceptors (Lipinski definition) is 2. The van der Waals surface area contributed by atoms with Gasteiger partial charge in [-0.05, 0) is 55.7 Å². The molecule has 0 aliphatic heterocycles. The lowest BCUT2D eigenvalue weighted by atomic mass is 9.79. The van der Waals surface area contributed by atoms with E-state index in [1.54, 1.807) is 11.1 Å². The van der Waals surface area contributed by atoms with Crippen LogP contribution in [0.4, 0.5) is 0 Å². The molecule has 1 fully saturated rings. The van der Waals surface area contributed by atoms with Crippen LogP contribution in [-0.2, 0) is 11.8 Å². The van der Waals surface area contributed by atoms with E-state index in [0.29, 0.717) is 24.0 Å². The molecule has 2 aliphatic rings. The van der Waals surface area contributed by atoms with Crippen LogP contribution >= 0.6 is 0 Å². The molecule has 2 nitrogen and oxygen atoms in total. The number of nitrogens with one attached hydrogen (secondary N) is 1. The monoisotopic (exact) mass is 273 g/mol. The summed E-state index contributed by atoms with van der Waals surface area (Å²) < 4.78 is 0. The van der Waals surface area contributed by atoms with E-state index in [1.807, 2.05) is 0 Å². The van der Waals surface area contributed by atoms with Crippen LogP contribution in [0, 0.1) is 5.92 Å². The first-order chi connectivity index (χ1) is 9.80. The molecule has 1 saturated carbocycles. The van der Waals surface area contributed by atoms with E-state index in [4.69, 9.17) is 5.11 Å². The SMILES string of the molecule is CCC(CCO)CNC1CC12CCCc1ccccc12. The topological polar surface area (TPSA) is 32.3 Å². The zero-order valence-corrected chi connectivity index (χ0v) is 12.6. The van der Waals surface area contributed by atoms with Crippen molar-refractivity contribution in [1.29, 1.82) is 0 Å². The van der Waals surface area contributed by atoms with Gasteiger partial charge >= 0.3 is 0 Å². The fourth-order valence-electron chi connectivity index (χ4n) is 4.04. The first kappa shape index (κ1) is 14.1. The highest BCUT2D eigenvalue weighted by molar-refractivity contribution is 5.44. The molecule has 3 unspecified atom stereocenters. The molecule has 0 aromatic heterocycles. The average Bonchev–Trinajstić information content (AvgIpc) is 3.17. The first-order valence-electron chi connectivity index (χ1n) is 8.23. The molecule has 1 spiro atoms. The zero-order chi connectivity index (χ0) is 14.0. The van der Waals surface area contributed by atoms with E-state index in [0.717, 1.165) is 19.4 Å². The summed E-state index contributed by atoms with van der Waals surface area (Å²) in [6.45, 7) is 3.60. The summed E-state index contributed by atoms with van der Waals surface area (Å²) in [4.78, 5) is 0. The van der Waals surface area contributed by atoms with E-state index < -0.39 is 0 Å². The minimum absolute atomic E-state index is 0.318. The van der Waals surface area contributed by atoms with E-state index in [-0.39, 0.29) is 0 Å². The highest BCUT2D eigenvalue weighted by Gasteiger charge is 2.56. The van der Waals surface area contributed by atoms with Crippen molar-refractivity contribution in [2.75, 3.05) is 13.2 Å². The standard InChI is InChI=1S/C18H27NO/c1-2-14(9-11-20)13-19-17-12-18(17)10-5-7-15-6-3-4-8-16(15)18/h3-4,6,8,14,17,19-20H,2,5,7,9-13H2,1H3. The number of fused-ring (bicyclic) bond motifs is 2. The van der Waals surface area contributed by atoms with Crippen molar-refractivity contribution in [1.82, 2.24) is 5.32 Å². The highest BCUT2D eigenvalue weighted by atomic mass is 16.3. The van der Waals surface area contributed by atoms with Crippen LogP contribution in [0.15, 0.2) is 24.3 Å². The Kier molecular flexibility index (Phi) is 4.13. The predicted molar refractivity (Wildman–Crippen MR) is 82.9 cm³/mol. The lowest BCUT2D eigenvalue weighted by molar-refractivity contribution is 0.250. The summed E-state index contributed by atoms with van der Waals surface area (Å²) in [5.74, 6) is 0.622. The Bertz CT molecular complexity index is 458. The molecular formula is C18H27NO. The number of benzene rings is 1. The number of rotatable bonds is 6. The van der Waals surface area contributed by atoms with Gasteiger partial charge in [0.25, 0.3) is 0 Å². The number of aryl methyl sites for hydroxylation is 1. The largest absolute Gasteiger partial charge is 0.396 e. The number of hydrogen-bond donors (Lipinski definition) is 2. The Labute approximate surface area is 122 Å². The van der Waals surface area contributed by atoms with Gasteiger partial charge in [-0.2, -0.15) is 0 Å².